The van der Waals surface area contributed by atoms with E-state index in [9.17, 15) is 5.11 Å². The summed E-state index contributed by atoms with van der Waals surface area (Å²) in [6.07, 6.45) is 0.482. The van der Waals surface area contributed by atoms with Crippen LogP contribution in [0.5, 0.6) is 0 Å². The van der Waals surface area contributed by atoms with E-state index in [-0.39, 0.29) is 6.10 Å². The lowest BCUT2D eigenvalue weighted by molar-refractivity contribution is 0.161. The van der Waals surface area contributed by atoms with Crippen molar-refractivity contribution >= 4 is 34.0 Å². The SMILES string of the molecule is CC(C)CC(O)CNc1ccc(I)cc1N. The number of nitrogen functional groups attached to an aromatic ring is 1. The molecule has 1 aromatic carbocycles. The highest BCUT2D eigenvalue weighted by atomic mass is 127. The van der Waals surface area contributed by atoms with Crippen molar-refractivity contribution in [2.45, 2.75) is 26.4 Å². The van der Waals surface area contributed by atoms with E-state index in [0.717, 1.165) is 21.4 Å². The Morgan fingerprint density at radius 2 is 2.12 bits per heavy atom. The molecule has 1 atom stereocenters. The fraction of sp³-hybridized carbons (Fsp3) is 0.500. The molecule has 0 radical (unpaired) electrons. The Labute approximate surface area is 111 Å². The highest BCUT2D eigenvalue weighted by Gasteiger charge is 2.07. The van der Waals surface area contributed by atoms with Gasteiger partial charge < -0.3 is 16.2 Å². The van der Waals surface area contributed by atoms with E-state index < -0.39 is 0 Å². The standard InChI is InChI=1S/C12H19IN2O/c1-8(2)5-10(16)7-15-12-4-3-9(13)6-11(12)14/h3-4,6,8,10,15-16H,5,7,14H2,1-2H3. The van der Waals surface area contributed by atoms with E-state index in [1.807, 2.05) is 18.2 Å². The van der Waals surface area contributed by atoms with Crippen LogP contribution in [-0.2, 0) is 0 Å². The van der Waals surface area contributed by atoms with E-state index in [4.69, 9.17) is 5.73 Å². The molecular weight excluding hydrogens is 315 g/mol. The molecule has 0 heterocycles. The van der Waals surface area contributed by atoms with E-state index in [2.05, 4.69) is 41.8 Å². The zero-order chi connectivity index (χ0) is 12.1. The van der Waals surface area contributed by atoms with Gasteiger partial charge in [0.1, 0.15) is 0 Å². The predicted octanol–water partition coefficient (Wildman–Crippen LogP) is 2.69. The maximum Gasteiger partial charge on any atom is 0.0715 e. The van der Waals surface area contributed by atoms with Crippen molar-refractivity contribution < 1.29 is 5.11 Å². The minimum atomic E-state index is -0.321. The van der Waals surface area contributed by atoms with Gasteiger partial charge in [-0.2, -0.15) is 0 Å². The molecule has 0 saturated carbocycles. The van der Waals surface area contributed by atoms with Gasteiger partial charge in [-0.25, -0.2) is 0 Å². The molecule has 0 fully saturated rings. The van der Waals surface area contributed by atoms with Crippen molar-refractivity contribution in [2.24, 2.45) is 5.92 Å². The summed E-state index contributed by atoms with van der Waals surface area (Å²) in [4.78, 5) is 0. The molecule has 0 spiro atoms. The van der Waals surface area contributed by atoms with E-state index in [1.54, 1.807) is 0 Å². The number of rotatable bonds is 5. The number of aliphatic hydroxyl groups excluding tert-OH is 1. The third kappa shape index (κ3) is 4.57. The third-order valence-electron chi connectivity index (χ3n) is 2.29. The highest BCUT2D eigenvalue weighted by molar-refractivity contribution is 14.1. The minimum Gasteiger partial charge on any atom is -0.397 e. The maximum absolute atomic E-state index is 9.72. The van der Waals surface area contributed by atoms with Crippen LogP contribution in [0.2, 0.25) is 0 Å². The van der Waals surface area contributed by atoms with Crippen LogP contribution in [0, 0.1) is 9.49 Å². The Morgan fingerprint density at radius 1 is 1.44 bits per heavy atom. The quantitative estimate of drug-likeness (QED) is 0.573. The molecule has 0 amide bonds. The largest absolute Gasteiger partial charge is 0.397 e. The zero-order valence-electron chi connectivity index (χ0n) is 9.70. The molecule has 4 N–H and O–H groups in total. The van der Waals surface area contributed by atoms with Crippen molar-refractivity contribution in [1.82, 2.24) is 0 Å². The Morgan fingerprint density at radius 3 is 2.69 bits per heavy atom. The monoisotopic (exact) mass is 334 g/mol. The number of halogens is 1. The first-order valence-corrected chi connectivity index (χ1v) is 6.54. The van der Waals surface area contributed by atoms with Crippen LogP contribution in [0.15, 0.2) is 18.2 Å². The lowest BCUT2D eigenvalue weighted by atomic mass is 10.1. The molecule has 1 aromatic rings. The Hall–Kier alpha value is -0.490. The van der Waals surface area contributed by atoms with Crippen LogP contribution in [0.25, 0.3) is 0 Å². The molecule has 0 aliphatic carbocycles. The topological polar surface area (TPSA) is 58.3 Å². The van der Waals surface area contributed by atoms with E-state index in [1.165, 1.54) is 0 Å². The molecule has 0 bridgehead atoms. The van der Waals surface area contributed by atoms with Crippen molar-refractivity contribution in [3.05, 3.63) is 21.8 Å². The number of nitrogens with one attached hydrogen (secondary N) is 1. The molecule has 3 nitrogen and oxygen atoms in total. The molecule has 90 valence electrons. The molecule has 0 aliphatic rings. The second-order valence-corrected chi connectivity index (χ2v) is 5.64. The van der Waals surface area contributed by atoms with Crippen molar-refractivity contribution in [2.75, 3.05) is 17.6 Å². The molecule has 0 aliphatic heterocycles. The van der Waals surface area contributed by atoms with Gasteiger partial charge in [0.15, 0.2) is 0 Å². The number of aliphatic hydroxyl groups is 1. The maximum atomic E-state index is 9.72. The van der Waals surface area contributed by atoms with Gasteiger partial charge in [-0.3, -0.25) is 0 Å². The van der Waals surface area contributed by atoms with E-state index >= 15 is 0 Å². The summed E-state index contributed by atoms with van der Waals surface area (Å²) in [5.74, 6) is 0.505. The lowest BCUT2D eigenvalue weighted by Crippen LogP contribution is -2.21. The average Bonchev–Trinajstić information content (AvgIpc) is 2.15. The molecule has 0 saturated heterocycles. The Balaban J connectivity index is 2.48. The van der Waals surface area contributed by atoms with Crippen LogP contribution in [0.1, 0.15) is 20.3 Å². The van der Waals surface area contributed by atoms with Gasteiger partial charge in [0.2, 0.25) is 0 Å². The van der Waals surface area contributed by atoms with Gasteiger partial charge >= 0.3 is 0 Å². The summed E-state index contributed by atoms with van der Waals surface area (Å²) in [5.41, 5.74) is 7.48. The van der Waals surface area contributed by atoms with Crippen molar-refractivity contribution in [3.63, 3.8) is 0 Å². The number of benzene rings is 1. The highest BCUT2D eigenvalue weighted by Crippen LogP contribution is 2.21. The molecule has 4 heteroatoms. The first kappa shape index (κ1) is 13.6. The molecule has 1 unspecified atom stereocenters. The van der Waals surface area contributed by atoms with Crippen LogP contribution in [0.4, 0.5) is 11.4 Å². The Kier molecular flexibility index (Phi) is 5.34. The summed E-state index contributed by atoms with van der Waals surface area (Å²) in [5, 5.41) is 12.9. The normalized spacial score (nSPS) is 12.8. The number of nitrogens with two attached hydrogens (primary N) is 1. The number of anilines is 2. The van der Waals surface area contributed by atoms with Gasteiger partial charge in [0.05, 0.1) is 17.5 Å². The first-order valence-electron chi connectivity index (χ1n) is 5.46. The third-order valence-corrected chi connectivity index (χ3v) is 2.96. The van der Waals surface area contributed by atoms with Crippen molar-refractivity contribution in [1.29, 1.82) is 0 Å². The lowest BCUT2D eigenvalue weighted by Gasteiger charge is -2.15. The second kappa shape index (κ2) is 6.30. The zero-order valence-corrected chi connectivity index (χ0v) is 11.9. The summed E-state index contributed by atoms with van der Waals surface area (Å²) in [7, 11) is 0. The van der Waals surface area contributed by atoms with Gasteiger partial charge in [-0.05, 0) is 53.1 Å². The molecule has 16 heavy (non-hydrogen) atoms. The predicted molar refractivity (Wildman–Crippen MR) is 77.5 cm³/mol. The number of hydrogen-bond donors (Lipinski definition) is 3. The van der Waals surface area contributed by atoms with Gasteiger partial charge in [-0.15, -0.1) is 0 Å². The summed E-state index contributed by atoms with van der Waals surface area (Å²) >= 11 is 2.22. The Bertz CT molecular complexity index is 342. The van der Waals surface area contributed by atoms with Crippen LogP contribution < -0.4 is 11.1 Å². The number of hydrogen-bond acceptors (Lipinski definition) is 3. The molecule has 1 rings (SSSR count). The molecule has 0 aromatic heterocycles. The summed E-state index contributed by atoms with van der Waals surface area (Å²) in [6, 6.07) is 5.85. The smallest absolute Gasteiger partial charge is 0.0715 e. The van der Waals surface area contributed by atoms with Crippen LogP contribution in [-0.4, -0.2) is 17.8 Å². The molecular formula is C12H19IN2O. The summed E-state index contributed by atoms with van der Waals surface area (Å²) in [6.45, 7) is 4.74. The fourth-order valence-corrected chi connectivity index (χ4v) is 2.07. The van der Waals surface area contributed by atoms with E-state index in [0.29, 0.717) is 12.5 Å². The van der Waals surface area contributed by atoms with Gasteiger partial charge in [-0.1, -0.05) is 13.8 Å². The van der Waals surface area contributed by atoms with Crippen LogP contribution >= 0.6 is 22.6 Å². The van der Waals surface area contributed by atoms with Crippen molar-refractivity contribution in [3.8, 4) is 0 Å². The minimum absolute atomic E-state index is 0.321. The van der Waals surface area contributed by atoms with Gasteiger partial charge in [0.25, 0.3) is 0 Å². The first-order chi connectivity index (χ1) is 7.49. The second-order valence-electron chi connectivity index (χ2n) is 4.40. The van der Waals surface area contributed by atoms with Crippen LogP contribution in [0.3, 0.4) is 0 Å². The summed E-state index contributed by atoms with van der Waals surface area (Å²) < 4.78 is 1.11. The average molecular weight is 334 g/mol. The van der Waals surface area contributed by atoms with Gasteiger partial charge in [0, 0.05) is 10.1 Å². The fourth-order valence-electron chi connectivity index (χ4n) is 1.55.